The molecule has 0 spiro atoms. The highest BCUT2D eigenvalue weighted by atomic mass is 35.5. The van der Waals surface area contributed by atoms with Crippen LogP contribution in [-0.2, 0) is 0 Å². The van der Waals surface area contributed by atoms with Gasteiger partial charge in [-0.15, -0.1) is 11.8 Å². The van der Waals surface area contributed by atoms with Gasteiger partial charge in [-0.25, -0.2) is 0 Å². The van der Waals surface area contributed by atoms with Gasteiger partial charge in [0.2, 0.25) is 11.8 Å². The van der Waals surface area contributed by atoms with Crippen molar-refractivity contribution in [3.05, 3.63) is 39.6 Å². The van der Waals surface area contributed by atoms with Gasteiger partial charge in [-0.2, -0.15) is 9.97 Å². The summed E-state index contributed by atoms with van der Waals surface area (Å²) in [5, 5.41) is 0.648. The van der Waals surface area contributed by atoms with Crippen LogP contribution in [0.3, 0.4) is 0 Å². The zero-order chi connectivity index (χ0) is 16.3. The second-order valence-corrected chi connectivity index (χ2v) is 6.04. The zero-order valence-corrected chi connectivity index (χ0v) is 14.6. The number of thioether (sulfide) groups is 1. The first-order chi connectivity index (χ1) is 10.5. The van der Waals surface area contributed by atoms with Gasteiger partial charge in [-0.3, -0.25) is 0 Å². The van der Waals surface area contributed by atoms with E-state index in [1.54, 1.807) is 18.2 Å². The van der Waals surface area contributed by atoms with Crippen LogP contribution < -0.4 is 15.2 Å². The molecule has 22 heavy (non-hydrogen) atoms. The standard InChI is InChI=1S/C14H15Cl2N3O2S/c1-20-9-6-10(21-2)19-14(18-9)13(22-3)11-7(15)4-5-8(16)12(11)17/h4-6,13H,17H2,1-3H3. The molecular weight excluding hydrogens is 345 g/mol. The lowest BCUT2D eigenvalue weighted by molar-refractivity contribution is 0.368. The molecule has 0 bridgehead atoms. The van der Waals surface area contributed by atoms with Gasteiger partial charge in [0.1, 0.15) is 0 Å². The molecule has 118 valence electrons. The number of halogens is 2. The number of ether oxygens (including phenoxy) is 2. The van der Waals surface area contributed by atoms with Crippen LogP contribution in [0.2, 0.25) is 10.0 Å². The summed E-state index contributed by atoms with van der Waals surface area (Å²) in [6.45, 7) is 0. The van der Waals surface area contributed by atoms with Crippen molar-refractivity contribution in [1.29, 1.82) is 0 Å². The van der Waals surface area contributed by atoms with E-state index in [2.05, 4.69) is 9.97 Å². The van der Waals surface area contributed by atoms with Crippen LogP contribution in [0.25, 0.3) is 0 Å². The molecule has 2 rings (SSSR count). The van der Waals surface area contributed by atoms with Crippen molar-refractivity contribution in [3.8, 4) is 11.8 Å². The lowest BCUT2D eigenvalue weighted by atomic mass is 10.1. The molecule has 8 heteroatoms. The summed E-state index contributed by atoms with van der Waals surface area (Å²) in [4.78, 5) is 8.74. The summed E-state index contributed by atoms with van der Waals surface area (Å²) in [6.07, 6.45) is 1.91. The van der Waals surface area contributed by atoms with Crippen LogP contribution in [0.5, 0.6) is 11.8 Å². The summed E-state index contributed by atoms with van der Waals surface area (Å²) in [6, 6.07) is 4.97. The minimum Gasteiger partial charge on any atom is -0.481 e. The van der Waals surface area contributed by atoms with E-state index in [9.17, 15) is 0 Å². The maximum absolute atomic E-state index is 6.30. The third kappa shape index (κ3) is 3.34. The summed E-state index contributed by atoms with van der Waals surface area (Å²) in [7, 11) is 3.06. The molecule has 1 heterocycles. The largest absolute Gasteiger partial charge is 0.481 e. The van der Waals surface area contributed by atoms with Crippen molar-refractivity contribution in [2.75, 3.05) is 26.2 Å². The van der Waals surface area contributed by atoms with Crippen LogP contribution >= 0.6 is 35.0 Å². The number of rotatable bonds is 5. The topological polar surface area (TPSA) is 70.3 Å². The molecule has 0 aliphatic rings. The third-order valence-electron chi connectivity index (χ3n) is 3.03. The molecule has 0 aliphatic heterocycles. The van der Waals surface area contributed by atoms with E-state index in [-0.39, 0.29) is 5.25 Å². The minimum absolute atomic E-state index is 0.296. The number of aromatic nitrogens is 2. The van der Waals surface area contributed by atoms with Crippen LogP contribution in [0.15, 0.2) is 18.2 Å². The van der Waals surface area contributed by atoms with Gasteiger partial charge in [0.05, 0.1) is 36.2 Å². The predicted octanol–water partition coefficient (Wildman–Crippen LogP) is 3.84. The molecule has 1 aromatic carbocycles. The normalized spacial score (nSPS) is 12.0. The Hall–Kier alpha value is -1.37. The molecular formula is C14H15Cl2N3O2S. The molecule has 0 fully saturated rings. The van der Waals surface area contributed by atoms with Gasteiger partial charge < -0.3 is 15.2 Å². The molecule has 1 aromatic heterocycles. The molecule has 0 amide bonds. The number of nitrogen functional groups attached to an aromatic ring is 1. The monoisotopic (exact) mass is 359 g/mol. The Morgan fingerprint density at radius 1 is 1.09 bits per heavy atom. The van der Waals surface area contributed by atoms with Crippen LogP contribution in [0.4, 0.5) is 5.69 Å². The predicted molar refractivity (Wildman–Crippen MR) is 91.4 cm³/mol. The summed E-state index contributed by atoms with van der Waals surface area (Å²) >= 11 is 13.9. The number of benzene rings is 1. The molecule has 2 aromatic rings. The summed E-state index contributed by atoms with van der Waals surface area (Å²) in [5.41, 5.74) is 7.18. The molecule has 0 radical (unpaired) electrons. The Balaban J connectivity index is 2.60. The fourth-order valence-electron chi connectivity index (χ4n) is 1.95. The molecule has 0 saturated carbocycles. The number of hydrogen-bond acceptors (Lipinski definition) is 6. The quantitative estimate of drug-likeness (QED) is 0.817. The lowest BCUT2D eigenvalue weighted by Gasteiger charge is -2.19. The lowest BCUT2D eigenvalue weighted by Crippen LogP contribution is -2.08. The number of nitrogens with two attached hydrogens (primary N) is 1. The van der Waals surface area contributed by atoms with Crippen molar-refractivity contribution in [1.82, 2.24) is 9.97 Å². The van der Waals surface area contributed by atoms with Gasteiger partial charge in [-0.05, 0) is 18.4 Å². The summed E-state index contributed by atoms with van der Waals surface area (Å²) < 4.78 is 10.4. The van der Waals surface area contributed by atoms with Crippen LogP contribution in [0, 0.1) is 0 Å². The molecule has 1 unspecified atom stereocenters. The minimum atomic E-state index is -0.296. The van der Waals surface area contributed by atoms with Crippen molar-refractivity contribution in [2.24, 2.45) is 0 Å². The van der Waals surface area contributed by atoms with Gasteiger partial charge in [-0.1, -0.05) is 23.2 Å². The Morgan fingerprint density at radius 2 is 1.64 bits per heavy atom. The van der Waals surface area contributed by atoms with E-state index < -0.39 is 0 Å². The Morgan fingerprint density at radius 3 is 2.14 bits per heavy atom. The molecule has 5 nitrogen and oxygen atoms in total. The van der Waals surface area contributed by atoms with E-state index in [1.807, 2.05) is 6.26 Å². The fourth-order valence-corrected chi connectivity index (χ4v) is 3.26. The van der Waals surface area contributed by atoms with E-state index in [4.69, 9.17) is 38.4 Å². The maximum Gasteiger partial charge on any atom is 0.220 e. The first-order valence-electron chi connectivity index (χ1n) is 6.25. The van der Waals surface area contributed by atoms with Crippen LogP contribution in [0.1, 0.15) is 16.6 Å². The first-order valence-corrected chi connectivity index (χ1v) is 8.29. The third-order valence-corrected chi connectivity index (χ3v) is 4.60. The Kier molecular flexibility index (Phi) is 5.61. The highest BCUT2D eigenvalue weighted by molar-refractivity contribution is 7.99. The SMILES string of the molecule is COc1cc(OC)nc(C(SC)c2c(Cl)ccc(Cl)c2N)n1. The second-order valence-electron chi connectivity index (χ2n) is 4.28. The van der Waals surface area contributed by atoms with Gasteiger partial charge in [0.25, 0.3) is 0 Å². The van der Waals surface area contributed by atoms with Gasteiger partial charge in [0, 0.05) is 10.6 Å². The second kappa shape index (κ2) is 7.26. The molecule has 0 aliphatic carbocycles. The maximum atomic E-state index is 6.30. The Bertz CT molecular complexity index is 663. The van der Waals surface area contributed by atoms with E-state index in [0.717, 1.165) is 0 Å². The average Bonchev–Trinajstić information content (AvgIpc) is 2.54. The smallest absolute Gasteiger partial charge is 0.220 e. The molecule has 2 N–H and O–H groups in total. The van der Waals surface area contributed by atoms with Crippen molar-refractivity contribution in [2.45, 2.75) is 5.25 Å². The van der Waals surface area contributed by atoms with Crippen LogP contribution in [-0.4, -0.2) is 30.4 Å². The van der Waals surface area contributed by atoms with Crippen molar-refractivity contribution < 1.29 is 9.47 Å². The summed E-state index contributed by atoms with van der Waals surface area (Å²) in [5.74, 6) is 1.29. The van der Waals surface area contributed by atoms with E-state index >= 15 is 0 Å². The van der Waals surface area contributed by atoms with Gasteiger partial charge >= 0.3 is 0 Å². The Labute approximate surface area is 143 Å². The van der Waals surface area contributed by atoms with Crippen molar-refractivity contribution >= 4 is 40.7 Å². The highest BCUT2D eigenvalue weighted by Gasteiger charge is 2.24. The van der Waals surface area contributed by atoms with Gasteiger partial charge in [0.15, 0.2) is 5.82 Å². The number of hydrogen-bond donors (Lipinski definition) is 1. The highest BCUT2D eigenvalue weighted by Crippen LogP contribution is 2.42. The fraction of sp³-hybridized carbons (Fsp3) is 0.286. The first kappa shape index (κ1) is 17.0. The number of nitrogens with zero attached hydrogens (tertiary/aromatic N) is 2. The zero-order valence-electron chi connectivity index (χ0n) is 12.3. The molecule has 0 saturated heterocycles. The molecule has 1 atom stereocenters. The number of anilines is 1. The average molecular weight is 360 g/mol. The number of methoxy groups -OCH3 is 2. The van der Waals surface area contributed by atoms with Crippen molar-refractivity contribution in [3.63, 3.8) is 0 Å². The van der Waals surface area contributed by atoms with E-state index in [0.29, 0.717) is 38.9 Å². The van der Waals surface area contributed by atoms with E-state index in [1.165, 1.54) is 26.0 Å².